The molecule has 0 saturated heterocycles. The summed E-state index contributed by atoms with van der Waals surface area (Å²) in [5.41, 5.74) is -0.535. The monoisotopic (exact) mass is 500 g/mol. The van der Waals surface area contributed by atoms with E-state index in [1.165, 1.54) is 30.6 Å². The molecule has 0 saturated carbocycles. The fourth-order valence-electron chi connectivity index (χ4n) is 2.73. The van der Waals surface area contributed by atoms with Crippen molar-refractivity contribution in [1.82, 2.24) is 14.8 Å². The number of carbonyl (C=O) groups is 2. The average molecular weight is 501 g/mol. The zero-order valence-electron chi connectivity index (χ0n) is 17.5. The van der Waals surface area contributed by atoms with Gasteiger partial charge in [-0.15, -0.1) is 21.5 Å². The highest BCUT2D eigenvalue weighted by atomic mass is 32.2. The molecule has 3 aromatic rings. The SMILES string of the molecule is CCn1c(COc2cccc(C(F)(F)F)c2)nnc1SCC(=O)Nc1sccc1C(=O)OC. The summed E-state index contributed by atoms with van der Waals surface area (Å²) in [6.07, 6.45) is -4.46. The van der Waals surface area contributed by atoms with Crippen LogP contribution in [0.2, 0.25) is 0 Å². The topological polar surface area (TPSA) is 95.3 Å². The number of benzene rings is 1. The Morgan fingerprint density at radius 2 is 2.03 bits per heavy atom. The largest absolute Gasteiger partial charge is 0.486 e. The summed E-state index contributed by atoms with van der Waals surface area (Å²) in [6, 6.07) is 6.13. The summed E-state index contributed by atoms with van der Waals surface area (Å²) in [6.45, 7) is 2.22. The number of methoxy groups -OCH3 is 1. The van der Waals surface area contributed by atoms with Crippen LogP contribution >= 0.6 is 23.1 Å². The van der Waals surface area contributed by atoms with Gasteiger partial charge in [0.2, 0.25) is 5.91 Å². The summed E-state index contributed by atoms with van der Waals surface area (Å²) in [4.78, 5) is 24.0. The minimum absolute atomic E-state index is 0.00509. The van der Waals surface area contributed by atoms with Crippen LogP contribution in [0.1, 0.15) is 28.7 Å². The lowest BCUT2D eigenvalue weighted by molar-refractivity contribution is -0.137. The second kappa shape index (κ2) is 10.7. The van der Waals surface area contributed by atoms with E-state index in [9.17, 15) is 22.8 Å². The molecule has 1 aromatic carbocycles. The Hall–Kier alpha value is -3.06. The molecule has 0 aliphatic rings. The lowest BCUT2D eigenvalue weighted by atomic mass is 10.2. The van der Waals surface area contributed by atoms with E-state index in [1.54, 1.807) is 16.0 Å². The average Bonchev–Trinajstić information content (AvgIpc) is 3.41. The number of nitrogens with one attached hydrogen (secondary N) is 1. The van der Waals surface area contributed by atoms with Gasteiger partial charge in [-0.2, -0.15) is 13.2 Å². The van der Waals surface area contributed by atoms with Crippen LogP contribution in [0.4, 0.5) is 18.2 Å². The number of halogens is 3. The number of hydrogen-bond donors (Lipinski definition) is 1. The van der Waals surface area contributed by atoms with Crippen molar-refractivity contribution in [2.24, 2.45) is 0 Å². The van der Waals surface area contributed by atoms with Gasteiger partial charge in [0.15, 0.2) is 11.0 Å². The predicted octanol–water partition coefficient (Wildman–Crippen LogP) is 4.47. The molecule has 0 atom stereocenters. The van der Waals surface area contributed by atoms with Crippen LogP contribution in [0.15, 0.2) is 40.9 Å². The highest BCUT2D eigenvalue weighted by molar-refractivity contribution is 7.99. The number of nitrogens with zero attached hydrogens (tertiary/aromatic N) is 3. The molecule has 176 valence electrons. The number of thioether (sulfide) groups is 1. The number of rotatable bonds is 9. The van der Waals surface area contributed by atoms with Gasteiger partial charge in [0.05, 0.1) is 24.0 Å². The second-order valence-corrected chi connectivity index (χ2v) is 8.31. The van der Waals surface area contributed by atoms with Gasteiger partial charge in [-0.25, -0.2) is 4.79 Å². The van der Waals surface area contributed by atoms with E-state index in [2.05, 4.69) is 20.3 Å². The summed E-state index contributed by atoms with van der Waals surface area (Å²) >= 11 is 2.33. The van der Waals surface area contributed by atoms with Crippen LogP contribution in [-0.4, -0.2) is 39.5 Å². The number of hydrogen-bond acceptors (Lipinski definition) is 8. The molecule has 8 nitrogen and oxygen atoms in total. The van der Waals surface area contributed by atoms with E-state index >= 15 is 0 Å². The third-order valence-corrected chi connectivity index (χ3v) is 6.09. The maximum absolute atomic E-state index is 12.9. The summed E-state index contributed by atoms with van der Waals surface area (Å²) < 4.78 is 50.4. The first-order chi connectivity index (χ1) is 15.7. The van der Waals surface area contributed by atoms with E-state index in [0.717, 1.165) is 23.9 Å². The van der Waals surface area contributed by atoms with Crippen LogP contribution in [0, 0.1) is 0 Å². The predicted molar refractivity (Wildman–Crippen MR) is 116 cm³/mol. The zero-order valence-corrected chi connectivity index (χ0v) is 19.1. The van der Waals surface area contributed by atoms with Gasteiger partial charge in [-0.3, -0.25) is 4.79 Å². The number of esters is 1. The minimum Gasteiger partial charge on any atom is -0.486 e. The molecule has 1 N–H and O–H groups in total. The molecule has 0 unspecified atom stereocenters. The Balaban J connectivity index is 1.60. The maximum atomic E-state index is 12.9. The van der Waals surface area contributed by atoms with Gasteiger partial charge in [-0.05, 0) is 36.6 Å². The van der Waals surface area contributed by atoms with Crippen molar-refractivity contribution in [3.8, 4) is 5.75 Å². The fraction of sp³-hybridized carbons (Fsp3) is 0.300. The first-order valence-electron chi connectivity index (χ1n) is 9.53. The summed E-state index contributed by atoms with van der Waals surface area (Å²) in [5.74, 6) is -0.425. The number of thiophene rings is 1. The molecule has 0 spiro atoms. The Kier molecular flexibility index (Phi) is 7.97. The smallest absolute Gasteiger partial charge is 0.416 e. The molecular formula is C20H19F3N4O4S2. The lowest BCUT2D eigenvalue weighted by Crippen LogP contribution is -2.16. The summed E-state index contributed by atoms with van der Waals surface area (Å²) in [5, 5.41) is 13.3. The van der Waals surface area contributed by atoms with E-state index in [1.807, 2.05) is 6.92 Å². The number of anilines is 1. The fourth-order valence-corrected chi connectivity index (χ4v) is 4.34. The Labute approximate surface area is 195 Å². The highest BCUT2D eigenvalue weighted by Gasteiger charge is 2.30. The second-order valence-electron chi connectivity index (χ2n) is 6.45. The van der Waals surface area contributed by atoms with Crippen LogP contribution in [0.5, 0.6) is 5.75 Å². The number of carbonyl (C=O) groups excluding carboxylic acids is 2. The molecule has 0 radical (unpaired) electrons. The van der Waals surface area contributed by atoms with E-state index in [0.29, 0.717) is 22.5 Å². The Morgan fingerprint density at radius 3 is 2.73 bits per heavy atom. The third kappa shape index (κ3) is 6.26. The first kappa shape index (κ1) is 24.6. The summed E-state index contributed by atoms with van der Waals surface area (Å²) in [7, 11) is 1.26. The molecule has 13 heteroatoms. The first-order valence-corrected chi connectivity index (χ1v) is 11.4. The molecule has 3 rings (SSSR count). The van der Waals surface area contributed by atoms with E-state index in [-0.39, 0.29) is 29.6 Å². The molecule has 0 fully saturated rings. The Bertz CT molecular complexity index is 1130. The molecule has 0 aliphatic carbocycles. The molecule has 33 heavy (non-hydrogen) atoms. The molecule has 1 amide bonds. The van der Waals surface area contributed by atoms with Crippen molar-refractivity contribution in [1.29, 1.82) is 0 Å². The van der Waals surface area contributed by atoms with Crippen molar-refractivity contribution in [3.05, 3.63) is 52.7 Å². The van der Waals surface area contributed by atoms with Gasteiger partial charge in [0.25, 0.3) is 0 Å². The standard InChI is InChI=1S/C20H19F3N4O4S2/c1-3-27-15(10-31-13-6-4-5-12(9-13)20(21,22)23)25-26-19(27)33-11-16(28)24-17-14(7-8-32-17)18(29)30-2/h4-9H,3,10-11H2,1-2H3,(H,24,28). The maximum Gasteiger partial charge on any atom is 0.416 e. The lowest BCUT2D eigenvalue weighted by Gasteiger charge is -2.11. The van der Waals surface area contributed by atoms with Crippen LogP contribution in [0.25, 0.3) is 0 Å². The van der Waals surface area contributed by atoms with Crippen LogP contribution < -0.4 is 10.1 Å². The normalized spacial score (nSPS) is 11.3. The molecule has 0 aliphatic heterocycles. The van der Waals surface area contributed by atoms with Gasteiger partial charge in [0, 0.05) is 6.54 Å². The molecule has 2 heterocycles. The van der Waals surface area contributed by atoms with E-state index < -0.39 is 17.7 Å². The number of amides is 1. The van der Waals surface area contributed by atoms with Gasteiger partial charge in [-0.1, -0.05) is 17.8 Å². The number of alkyl halides is 3. The van der Waals surface area contributed by atoms with E-state index in [4.69, 9.17) is 4.74 Å². The van der Waals surface area contributed by atoms with Crippen LogP contribution in [-0.2, 0) is 28.9 Å². The van der Waals surface area contributed by atoms with Gasteiger partial charge >= 0.3 is 12.1 Å². The van der Waals surface area contributed by atoms with Crippen molar-refractivity contribution in [2.75, 3.05) is 18.2 Å². The van der Waals surface area contributed by atoms with Crippen molar-refractivity contribution in [3.63, 3.8) is 0 Å². The number of aromatic nitrogens is 3. The quantitative estimate of drug-likeness (QED) is 0.342. The van der Waals surface area contributed by atoms with Crippen molar-refractivity contribution < 1.29 is 32.2 Å². The van der Waals surface area contributed by atoms with Gasteiger partial charge in [0.1, 0.15) is 17.4 Å². The zero-order chi connectivity index (χ0) is 24.0. The van der Waals surface area contributed by atoms with Crippen molar-refractivity contribution in [2.45, 2.75) is 31.4 Å². The number of ether oxygens (including phenoxy) is 2. The molecule has 2 aromatic heterocycles. The van der Waals surface area contributed by atoms with Crippen molar-refractivity contribution >= 4 is 40.0 Å². The Morgan fingerprint density at radius 1 is 1.24 bits per heavy atom. The molecular weight excluding hydrogens is 481 g/mol. The highest BCUT2D eigenvalue weighted by Crippen LogP contribution is 2.31. The molecule has 0 bridgehead atoms. The third-order valence-electron chi connectivity index (χ3n) is 4.29. The minimum atomic E-state index is -4.46. The van der Waals surface area contributed by atoms with Gasteiger partial charge < -0.3 is 19.4 Å². The van der Waals surface area contributed by atoms with Crippen LogP contribution in [0.3, 0.4) is 0 Å².